The van der Waals surface area contributed by atoms with Crippen LogP contribution in [0.1, 0.15) is 37.9 Å². The summed E-state index contributed by atoms with van der Waals surface area (Å²) >= 11 is 0. The number of nitrogens with zero attached hydrogens (tertiary/aromatic N) is 3. The van der Waals surface area contributed by atoms with Crippen LogP contribution in [0.5, 0.6) is 0 Å². The average molecular weight is 404 g/mol. The molecule has 3 fully saturated rings. The van der Waals surface area contributed by atoms with Crippen molar-refractivity contribution in [3.63, 3.8) is 0 Å². The number of hydrogen-bond donors (Lipinski definition) is 2. The van der Waals surface area contributed by atoms with Gasteiger partial charge in [-0.05, 0) is 50.6 Å². The van der Waals surface area contributed by atoms with Crippen LogP contribution in [0.2, 0.25) is 0 Å². The number of hydrogen-bond acceptors (Lipinski definition) is 4. The highest BCUT2D eigenvalue weighted by Crippen LogP contribution is 2.33. The van der Waals surface area contributed by atoms with E-state index in [2.05, 4.69) is 25.1 Å². The molecule has 0 spiro atoms. The van der Waals surface area contributed by atoms with Crippen LogP contribution in [-0.4, -0.2) is 64.4 Å². The molecular weight excluding hydrogens is 373 g/mol. The van der Waals surface area contributed by atoms with Crippen molar-refractivity contribution in [2.45, 2.75) is 44.7 Å². The number of piperidine rings is 3. The van der Waals surface area contributed by atoms with Crippen molar-refractivity contribution < 1.29 is 4.79 Å². The molecule has 0 aromatic carbocycles. The van der Waals surface area contributed by atoms with Gasteiger partial charge in [-0.2, -0.15) is 0 Å². The van der Waals surface area contributed by atoms with Crippen LogP contribution in [0.3, 0.4) is 0 Å². The molecule has 0 unspecified atom stereocenters. The van der Waals surface area contributed by atoms with Gasteiger partial charge in [-0.25, -0.2) is 4.98 Å². The third kappa shape index (κ3) is 4.91. The first-order valence-corrected chi connectivity index (χ1v) is 9.50. The summed E-state index contributed by atoms with van der Waals surface area (Å²) in [5.41, 5.74) is 0. The zero-order valence-electron chi connectivity index (χ0n) is 15.2. The van der Waals surface area contributed by atoms with Gasteiger partial charge in [0, 0.05) is 44.5 Å². The van der Waals surface area contributed by atoms with E-state index in [-0.39, 0.29) is 24.8 Å². The van der Waals surface area contributed by atoms with E-state index in [1.54, 1.807) is 0 Å². The van der Waals surface area contributed by atoms with Crippen molar-refractivity contribution in [1.82, 2.24) is 25.1 Å². The van der Waals surface area contributed by atoms with Crippen molar-refractivity contribution in [3.05, 3.63) is 18.2 Å². The molecule has 2 N–H and O–H groups in total. The second-order valence-corrected chi connectivity index (χ2v) is 7.67. The Balaban J connectivity index is 0.00000121. The van der Waals surface area contributed by atoms with Crippen molar-refractivity contribution in [2.75, 3.05) is 32.7 Å². The predicted octanol–water partition coefficient (Wildman–Crippen LogP) is 2.07. The maximum atomic E-state index is 12.5. The summed E-state index contributed by atoms with van der Waals surface area (Å²) in [5, 5.41) is 3.43. The molecule has 2 atom stereocenters. The van der Waals surface area contributed by atoms with Crippen LogP contribution in [0.4, 0.5) is 0 Å². The molecular formula is C18H31Cl2N5O. The first kappa shape index (κ1) is 21.5. The first-order valence-electron chi connectivity index (χ1n) is 9.50. The van der Waals surface area contributed by atoms with Gasteiger partial charge in [0.2, 0.25) is 5.91 Å². The number of carbonyl (C=O) groups excluding carboxylic acids is 1. The van der Waals surface area contributed by atoms with E-state index in [1.165, 1.54) is 12.8 Å². The van der Waals surface area contributed by atoms with E-state index in [0.29, 0.717) is 23.8 Å². The van der Waals surface area contributed by atoms with Crippen LogP contribution < -0.4 is 5.32 Å². The van der Waals surface area contributed by atoms with Gasteiger partial charge in [0.25, 0.3) is 0 Å². The number of rotatable bonds is 4. The number of halogens is 2. The second kappa shape index (κ2) is 9.93. The number of imidazole rings is 1. The van der Waals surface area contributed by atoms with E-state index in [9.17, 15) is 4.79 Å². The summed E-state index contributed by atoms with van der Waals surface area (Å²) in [7, 11) is 0. The number of fused-ring (bicyclic) bond motifs is 1. The molecule has 8 heteroatoms. The lowest BCUT2D eigenvalue weighted by atomic mass is 9.82. The van der Waals surface area contributed by atoms with Gasteiger partial charge >= 0.3 is 0 Å². The lowest BCUT2D eigenvalue weighted by Gasteiger charge is -2.48. The standard InChI is InChI=1S/C18H29N5O.2ClH/c24-18-2-1-15-12-22(13-17-20-8-9-21-17)10-5-16(15)23(18)11-14-3-6-19-7-4-14;;/h8-9,14-16,19H,1-7,10-13H2,(H,20,21);2*1H/t15-,16+;;/m0../s1. The summed E-state index contributed by atoms with van der Waals surface area (Å²) in [4.78, 5) is 24.9. The lowest BCUT2D eigenvalue weighted by Crippen LogP contribution is -2.57. The van der Waals surface area contributed by atoms with Gasteiger partial charge in [-0.3, -0.25) is 9.69 Å². The molecule has 3 saturated heterocycles. The number of amides is 1. The summed E-state index contributed by atoms with van der Waals surface area (Å²) < 4.78 is 0. The monoisotopic (exact) mass is 403 g/mol. The van der Waals surface area contributed by atoms with E-state index in [0.717, 1.165) is 64.4 Å². The summed E-state index contributed by atoms with van der Waals surface area (Å²) in [6.45, 7) is 6.27. The van der Waals surface area contributed by atoms with Crippen LogP contribution in [0.25, 0.3) is 0 Å². The third-order valence-corrected chi connectivity index (χ3v) is 6.07. The fourth-order valence-corrected chi connectivity index (χ4v) is 4.75. The Morgan fingerprint density at radius 3 is 2.69 bits per heavy atom. The molecule has 6 nitrogen and oxygen atoms in total. The number of H-pyrrole nitrogens is 1. The third-order valence-electron chi connectivity index (χ3n) is 6.07. The Hall–Kier alpha value is -0.820. The van der Waals surface area contributed by atoms with Gasteiger partial charge in [0.05, 0.1) is 6.54 Å². The molecule has 4 heterocycles. The number of likely N-dealkylation sites (tertiary alicyclic amines) is 2. The number of carbonyl (C=O) groups is 1. The number of aromatic nitrogens is 2. The largest absolute Gasteiger partial charge is 0.348 e. The van der Waals surface area contributed by atoms with Crippen molar-refractivity contribution in [1.29, 1.82) is 0 Å². The topological polar surface area (TPSA) is 64.3 Å². The second-order valence-electron chi connectivity index (χ2n) is 7.67. The molecule has 3 aliphatic rings. The minimum Gasteiger partial charge on any atom is -0.348 e. The maximum absolute atomic E-state index is 12.5. The van der Waals surface area contributed by atoms with E-state index in [1.807, 2.05) is 12.4 Å². The normalized spacial score (nSPS) is 27.4. The highest BCUT2D eigenvalue weighted by Gasteiger charge is 2.40. The van der Waals surface area contributed by atoms with Crippen LogP contribution in [0, 0.1) is 11.8 Å². The zero-order chi connectivity index (χ0) is 16.4. The van der Waals surface area contributed by atoms with Crippen LogP contribution in [-0.2, 0) is 11.3 Å². The summed E-state index contributed by atoms with van der Waals surface area (Å²) in [6, 6.07) is 0.467. The van der Waals surface area contributed by atoms with Gasteiger partial charge in [0.15, 0.2) is 0 Å². The first-order chi connectivity index (χ1) is 11.8. The Bertz CT molecular complexity index is 550. The Morgan fingerprint density at radius 1 is 1.15 bits per heavy atom. The highest BCUT2D eigenvalue weighted by atomic mass is 35.5. The Kier molecular flexibility index (Phi) is 8.20. The van der Waals surface area contributed by atoms with Crippen LogP contribution in [0.15, 0.2) is 12.4 Å². The minimum absolute atomic E-state index is 0. The van der Waals surface area contributed by atoms with Gasteiger partial charge < -0.3 is 15.2 Å². The van der Waals surface area contributed by atoms with Crippen molar-refractivity contribution >= 4 is 30.7 Å². The molecule has 0 bridgehead atoms. The molecule has 0 saturated carbocycles. The number of aromatic amines is 1. The molecule has 0 radical (unpaired) electrons. The molecule has 26 heavy (non-hydrogen) atoms. The lowest BCUT2D eigenvalue weighted by molar-refractivity contribution is -0.142. The predicted molar refractivity (Wildman–Crippen MR) is 107 cm³/mol. The summed E-state index contributed by atoms with van der Waals surface area (Å²) in [6.07, 6.45) is 9.05. The minimum atomic E-state index is 0. The van der Waals surface area contributed by atoms with Crippen molar-refractivity contribution in [2.24, 2.45) is 11.8 Å². The fraction of sp³-hybridized carbons (Fsp3) is 0.778. The van der Waals surface area contributed by atoms with E-state index >= 15 is 0 Å². The quantitative estimate of drug-likeness (QED) is 0.807. The fourth-order valence-electron chi connectivity index (χ4n) is 4.75. The molecule has 4 rings (SSSR count). The van der Waals surface area contributed by atoms with E-state index in [4.69, 9.17) is 0 Å². The zero-order valence-corrected chi connectivity index (χ0v) is 16.9. The molecule has 1 aromatic rings. The Labute approximate surface area is 168 Å². The average Bonchev–Trinajstić information content (AvgIpc) is 3.11. The maximum Gasteiger partial charge on any atom is 0.222 e. The molecule has 148 valence electrons. The molecule has 0 aliphatic carbocycles. The SMILES string of the molecule is Cl.Cl.O=C1CC[C@H]2CN(Cc3ncc[nH]3)CC[C@H]2N1CC1CCNCC1. The molecule has 3 aliphatic heterocycles. The molecule has 1 amide bonds. The van der Waals surface area contributed by atoms with Crippen molar-refractivity contribution in [3.8, 4) is 0 Å². The van der Waals surface area contributed by atoms with Gasteiger partial charge in [0.1, 0.15) is 5.82 Å². The number of nitrogens with one attached hydrogen (secondary N) is 2. The summed E-state index contributed by atoms with van der Waals surface area (Å²) in [5.74, 6) is 2.77. The van der Waals surface area contributed by atoms with Gasteiger partial charge in [-0.1, -0.05) is 0 Å². The Morgan fingerprint density at radius 2 is 1.96 bits per heavy atom. The van der Waals surface area contributed by atoms with Crippen LogP contribution >= 0.6 is 24.8 Å². The molecule has 1 aromatic heterocycles. The van der Waals surface area contributed by atoms with Gasteiger partial charge in [-0.15, -0.1) is 24.8 Å². The van der Waals surface area contributed by atoms with E-state index < -0.39 is 0 Å². The smallest absolute Gasteiger partial charge is 0.222 e. The highest BCUT2D eigenvalue weighted by molar-refractivity contribution is 5.85.